The molecule has 2 amide bonds. The summed E-state index contributed by atoms with van der Waals surface area (Å²) in [4.78, 5) is 25.7. The lowest BCUT2D eigenvalue weighted by Gasteiger charge is -2.15. The summed E-state index contributed by atoms with van der Waals surface area (Å²) in [6.45, 7) is 0.0435. The number of halogens is 2. The number of hydrogen-bond acceptors (Lipinski definition) is 4. The molecule has 1 aliphatic heterocycles. The molecule has 122 valence electrons. The number of benzene rings is 2. The molecule has 0 aromatic heterocycles. The van der Waals surface area contributed by atoms with Crippen LogP contribution in [0.25, 0.3) is 6.08 Å². The number of rotatable bonds is 4. The summed E-state index contributed by atoms with van der Waals surface area (Å²) < 4.78 is 14.5. The number of nitrogens with zero attached hydrogens (tertiary/aromatic N) is 1. The van der Waals surface area contributed by atoms with Gasteiger partial charge in [-0.25, -0.2) is 4.39 Å². The topological polar surface area (TPSA) is 49.4 Å². The van der Waals surface area contributed by atoms with Crippen LogP contribution in [-0.2, 0) is 4.79 Å². The van der Waals surface area contributed by atoms with Crippen molar-refractivity contribution in [3.8, 4) is 0 Å². The zero-order chi connectivity index (χ0) is 17.1. The smallest absolute Gasteiger partial charge is 0.295 e. The highest BCUT2D eigenvalue weighted by atomic mass is 79.9. The van der Waals surface area contributed by atoms with Gasteiger partial charge in [-0.1, -0.05) is 30.3 Å². The molecule has 0 unspecified atom stereocenters. The van der Waals surface area contributed by atoms with Gasteiger partial charge < -0.3 is 5.32 Å². The van der Waals surface area contributed by atoms with Crippen LogP contribution in [-0.4, -0.2) is 22.7 Å². The molecule has 0 aliphatic carbocycles. The Morgan fingerprint density at radius 2 is 1.83 bits per heavy atom. The molecule has 3 rings (SSSR count). The number of hydrogen-bond donors (Lipinski definition) is 1. The summed E-state index contributed by atoms with van der Waals surface area (Å²) in [6, 6.07) is 13.5. The van der Waals surface area contributed by atoms with Crippen molar-refractivity contribution >= 4 is 50.6 Å². The van der Waals surface area contributed by atoms with E-state index in [9.17, 15) is 14.0 Å². The Morgan fingerprint density at radius 1 is 1.12 bits per heavy atom. The minimum Gasteiger partial charge on any atom is -0.366 e. The quantitative estimate of drug-likeness (QED) is 0.747. The van der Waals surface area contributed by atoms with E-state index in [-0.39, 0.29) is 22.4 Å². The zero-order valence-electron chi connectivity index (χ0n) is 12.3. The maximum absolute atomic E-state index is 13.7. The van der Waals surface area contributed by atoms with Crippen molar-refractivity contribution in [3.63, 3.8) is 0 Å². The van der Waals surface area contributed by atoms with E-state index < -0.39 is 11.7 Å². The number of thioether (sulfide) groups is 1. The Balaban J connectivity index is 1.75. The van der Waals surface area contributed by atoms with E-state index in [1.807, 2.05) is 24.3 Å². The molecule has 24 heavy (non-hydrogen) atoms. The van der Waals surface area contributed by atoms with Crippen molar-refractivity contribution in [2.45, 2.75) is 0 Å². The number of anilines is 1. The number of imide groups is 1. The van der Waals surface area contributed by atoms with E-state index in [1.54, 1.807) is 18.2 Å². The zero-order valence-corrected chi connectivity index (χ0v) is 14.7. The fraction of sp³-hybridized carbons (Fsp3) is 0.0588. The monoisotopic (exact) mass is 406 g/mol. The third-order valence-electron chi connectivity index (χ3n) is 3.37. The van der Waals surface area contributed by atoms with Gasteiger partial charge in [-0.05, 0) is 52.0 Å². The van der Waals surface area contributed by atoms with Crippen LogP contribution in [0.3, 0.4) is 0 Å². The molecule has 1 heterocycles. The van der Waals surface area contributed by atoms with Gasteiger partial charge in [-0.2, -0.15) is 0 Å². The number of amides is 2. The normalized spacial score (nSPS) is 16.1. The number of carbonyl (C=O) groups is 2. The summed E-state index contributed by atoms with van der Waals surface area (Å²) >= 11 is 4.20. The largest absolute Gasteiger partial charge is 0.366 e. The van der Waals surface area contributed by atoms with Crippen LogP contribution in [0, 0.1) is 5.82 Å². The van der Waals surface area contributed by atoms with E-state index in [0.29, 0.717) is 0 Å². The van der Waals surface area contributed by atoms with Crippen molar-refractivity contribution in [2.75, 3.05) is 12.0 Å². The summed E-state index contributed by atoms with van der Waals surface area (Å²) in [5.74, 6) is -0.872. The average molecular weight is 407 g/mol. The van der Waals surface area contributed by atoms with Gasteiger partial charge >= 0.3 is 0 Å². The molecule has 0 bridgehead atoms. The van der Waals surface area contributed by atoms with Crippen LogP contribution >= 0.6 is 27.7 Å². The van der Waals surface area contributed by atoms with Gasteiger partial charge in [-0.15, -0.1) is 0 Å². The van der Waals surface area contributed by atoms with Crippen molar-refractivity contribution in [1.82, 2.24) is 4.90 Å². The highest BCUT2D eigenvalue weighted by Gasteiger charge is 2.35. The lowest BCUT2D eigenvalue weighted by molar-refractivity contribution is -0.122. The number of carbonyl (C=O) groups excluding carboxylic acids is 2. The van der Waals surface area contributed by atoms with Gasteiger partial charge in [0, 0.05) is 15.7 Å². The van der Waals surface area contributed by atoms with Crippen molar-refractivity contribution in [3.05, 3.63) is 69.3 Å². The molecule has 1 aliphatic rings. The van der Waals surface area contributed by atoms with Gasteiger partial charge in [0.25, 0.3) is 11.1 Å². The van der Waals surface area contributed by atoms with E-state index in [1.165, 1.54) is 12.1 Å². The first-order valence-electron chi connectivity index (χ1n) is 7.04. The molecule has 0 saturated carbocycles. The summed E-state index contributed by atoms with van der Waals surface area (Å²) in [6.07, 6.45) is 1.40. The molecule has 4 nitrogen and oxygen atoms in total. The number of para-hydroxylation sites is 1. The predicted molar refractivity (Wildman–Crippen MR) is 96.8 cm³/mol. The molecule has 1 fully saturated rings. The SMILES string of the molecule is O=C1S/C(=C/c2ccccc2F)C(=O)N1CNc1ccccc1Br. The highest BCUT2D eigenvalue weighted by Crippen LogP contribution is 2.32. The van der Waals surface area contributed by atoms with Crippen molar-refractivity contribution in [2.24, 2.45) is 0 Å². The van der Waals surface area contributed by atoms with Crippen LogP contribution < -0.4 is 5.32 Å². The summed E-state index contributed by atoms with van der Waals surface area (Å²) in [5, 5.41) is 2.65. The van der Waals surface area contributed by atoms with Gasteiger partial charge in [-0.3, -0.25) is 14.5 Å². The molecule has 2 aromatic carbocycles. The van der Waals surface area contributed by atoms with E-state index in [2.05, 4.69) is 21.2 Å². The fourth-order valence-electron chi connectivity index (χ4n) is 2.14. The predicted octanol–water partition coefficient (Wildman–Crippen LogP) is 4.69. The second-order valence-corrected chi connectivity index (χ2v) is 6.79. The average Bonchev–Trinajstić information content (AvgIpc) is 2.83. The van der Waals surface area contributed by atoms with Crippen LogP contribution in [0.15, 0.2) is 57.9 Å². The Kier molecular flexibility index (Phi) is 5.01. The number of nitrogens with one attached hydrogen (secondary N) is 1. The highest BCUT2D eigenvalue weighted by molar-refractivity contribution is 9.10. The Labute approximate surface area is 150 Å². The van der Waals surface area contributed by atoms with Gasteiger partial charge in [0.1, 0.15) is 5.82 Å². The Bertz CT molecular complexity index is 841. The molecule has 1 N–H and O–H groups in total. The van der Waals surface area contributed by atoms with Gasteiger partial charge in [0.05, 0.1) is 11.6 Å². The lowest BCUT2D eigenvalue weighted by Crippen LogP contribution is -2.33. The molecule has 0 radical (unpaired) electrons. The van der Waals surface area contributed by atoms with Gasteiger partial charge in [0.2, 0.25) is 0 Å². The third-order valence-corrected chi connectivity index (χ3v) is 4.97. The maximum Gasteiger partial charge on any atom is 0.295 e. The molecule has 7 heteroatoms. The van der Waals surface area contributed by atoms with Gasteiger partial charge in [0.15, 0.2) is 0 Å². The lowest BCUT2D eigenvalue weighted by atomic mass is 10.2. The van der Waals surface area contributed by atoms with Crippen molar-refractivity contribution in [1.29, 1.82) is 0 Å². The Hall–Kier alpha value is -2.12. The molecular formula is C17H12BrFN2O2S. The second kappa shape index (κ2) is 7.19. The summed E-state index contributed by atoms with van der Waals surface area (Å²) in [5.41, 5.74) is 1.05. The molecule has 0 spiro atoms. The van der Waals surface area contributed by atoms with Crippen LogP contribution in [0.5, 0.6) is 0 Å². The minimum absolute atomic E-state index is 0.0435. The molecule has 0 atom stereocenters. The third kappa shape index (κ3) is 3.52. The summed E-state index contributed by atoms with van der Waals surface area (Å²) in [7, 11) is 0. The maximum atomic E-state index is 13.7. The van der Waals surface area contributed by atoms with E-state index in [4.69, 9.17) is 0 Å². The Morgan fingerprint density at radius 3 is 2.58 bits per heavy atom. The minimum atomic E-state index is -0.437. The van der Waals surface area contributed by atoms with E-state index in [0.717, 1.165) is 26.8 Å². The van der Waals surface area contributed by atoms with Crippen molar-refractivity contribution < 1.29 is 14.0 Å². The standard InChI is InChI=1S/C17H12BrFN2O2S/c18-12-6-2-4-8-14(12)20-10-21-16(22)15(24-17(21)23)9-11-5-1-3-7-13(11)19/h1-9,20H,10H2/b15-9+. The second-order valence-electron chi connectivity index (χ2n) is 4.95. The first kappa shape index (κ1) is 16.7. The van der Waals surface area contributed by atoms with Crippen LogP contribution in [0.1, 0.15) is 5.56 Å². The molecule has 2 aromatic rings. The van der Waals surface area contributed by atoms with Crippen LogP contribution in [0.2, 0.25) is 0 Å². The first-order valence-corrected chi connectivity index (χ1v) is 8.65. The molecular weight excluding hydrogens is 395 g/mol. The fourth-order valence-corrected chi connectivity index (χ4v) is 3.39. The van der Waals surface area contributed by atoms with E-state index >= 15 is 0 Å². The molecule has 1 saturated heterocycles. The first-order chi connectivity index (χ1) is 11.6. The van der Waals surface area contributed by atoms with Crippen LogP contribution in [0.4, 0.5) is 14.9 Å².